The van der Waals surface area contributed by atoms with Gasteiger partial charge in [0.15, 0.2) is 11.6 Å². The van der Waals surface area contributed by atoms with Crippen molar-refractivity contribution in [3.05, 3.63) is 198 Å². The van der Waals surface area contributed by atoms with Gasteiger partial charge in [0.05, 0.1) is 5.41 Å². The summed E-state index contributed by atoms with van der Waals surface area (Å²) < 4.78 is 0. The topological polar surface area (TPSA) is 54.5 Å². The third-order valence-corrected chi connectivity index (χ3v) is 10.4. The summed E-state index contributed by atoms with van der Waals surface area (Å²) in [4.78, 5) is 19.1. The van der Waals surface area contributed by atoms with E-state index in [4.69, 9.17) is 15.0 Å². The van der Waals surface area contributed by atoms with E-state index < -0.39 is 5.41 Å². The number of para-hydroxylation sites is 1. The lowest BCUT2D eigenvalue weighted by Crippen LogP contribution is -2.28. The van der Waals surface area contributed by atoms with E-state index in [0.29, 0.717) is 11.6 Å². The Morgan fingerprint density at radius 2 is 1.18 bits per heavy atom. The molecule has 4 nitrogen and oxygen atoms in total. The van der Waals surface area contributed by atoms with Gasteiger partial charge < -0.3 is 4.98 Å². The first-order valence-corrected chi connectivity index (χ1v) is 17.2. The molecule has 0 spiro atoms. The third kappa shape index (κ3) is 4.35. The average Bonchev–Trinajstić information content (AvgIpc) is 3.72. The van der Waals surface area contributed by atoms with Crippen LogP contribution in [0.2, 0.25) is 0 Å². The SMILES string of the molecule is C1=CCC(c2nc(-c3cccc(C4(c5ccccc5)c5ccccc5-c5ccccc54)c3)nc(-c3ccc4c(c3)[nH]c3ccccc34)n2)C=C1. The van der Waals surface area contributed by atoms with E-state index >= 15 is 0 Å². The van der Waals surface area contributed by atoms with Crippen molar-refractivity contribution < 1.29 is 0 Å². The van der Waals surface area contributed by atoms with Crippen molar-refractivity contribution in [3.8, 4) is 33.9 Å². The minimum Gasteiger partial charge on any atom is -0.354 e. The minimum absolute atomic E-state index is 0.0738. The normalized spacial score (nSPS) is 15.7. The van der Waals surface area contributed by atoms with Crippen molar-refractivity contribution in [2.24, 2.45) is 0 Å². The van der Waals surface area contributed by atoms with Gasteiger partial charge in [0, 0.05) is 38.9 Å². The number of hydrogen-bond donors (Lipinski definition) is 1. The number of nitrogens with one attached hydrogen (secondary N) is 1. The quantitative estimate of drug-likeness (QED) is 0.204. The summed E-state index contributed by atoms with van der Waals surface area (Å²) in [5, 5.41) is 2.40. The standard InChI is InChI=1S/C46H32N4/c1-3-14-30(15-4-1)43-48-44(50-45(49-43)32-26-27-38-37-22-9-12-25-41(37)47-42(38)29-32)31-16-13-19-34(28-31)46(33-17-5-2-6-18-33)39-23-10-7-20-35(39)36-21-8-11-24-40(36)46/h1-14,16-30,47H,15H2. The van der Waals surface area contributed by atoms with Gasteiger partial charge in [-0.15, -0.1) is 0 Å². The number of fused-ring (bicyclic) bond motifs is 6. The van der Waals surface area contributed by atoms with Gasteiger partial charge in [-0.05, 0) is 58.0 Å². The van der Waals surface area contributed by atoms with Gasteiger partial charge in [-0.3, -0.25) is 0 Å². The zero-order chi connectivity index (χ0) is 33.1. The van der Waals surface area contributed by atoms with E-state index in [2.05, 4.69) is 175 Å². The van der Waals surface area contributed by atoms with Crippen molar-refractivity contribution in [2.75, 3.05) is 0 Å². The van der Waals surface area contributed by atoms with E-state index in [0.717, 1.165) is 34.4 Å². The predicted octanol–water partition coefficient (Wildman–Crippen LogP) is 10.8. The highest BCUT2D eigenvalue weighted by molar-refractivity contribution is 6.08. The van der Waals surface area contributed by atoms with Gasteiger partial charge >= 0.3 is 0 Å². The Balaban J connectivity index is 1.18. The van der Waals surface area contributed by atoms with Crippen molar-refractivity contribution in [3.63, 3.8) is 0 Å². The molecule has 0 aliphatic heterocycles. The van der Waals surface area contributed by atoms with Gasteiger partial charge in [0.1, 0.15) is 5.82 Å². The van der Waals surface area contributed by atoms with Crippen LogP contribution in [0.1, 0.15) is 40.4 Å². The second-order valence-electron chi connectivity index (χ2n) is 13.2. The Morgan fingerprint density at radius 1 is 0.520 bits per heavy atom. The van der Waals surface area contributed by atoms with Crippen LogP contribution >= 0.6 is 0 Å². The molecule has 236 valence electrons. The van der Waals surface area contributed by atoms with Crippen LogP contribution in [0, 0.1) is 0 Å². The van der Waals surface area contributed by atoms with Gasteiger partial charge in [-0.1, -0.05) is 152 Å². The highest BCUT2D eigenvalue weighted by Crippen LogP contribution is 2.56. The molecule has 1 N–H and O–H groups in total. The van der Waals surface area contributed by atoms with Crippen LogP contribution < -0.4 is 0 Å². The molecule has 2 aromatic heterocycles. The first kappa shape index (κ1) is 28.6. The smallest absolute Gasteiger partial charge is 0.163 e. The number of benzene rings is 6. The van der Waals surface area contributed by atoms with Gasteiger partial charge in [-0.25, -0.2) is 15.0 Å². The molecule has 4 heteroatoms. The Kier molecular flexibility index (Phi) is 6.50. The van der Waals surface area contributed by atoms with Crippen LogP contribution in [0.25, 0.3) is 55.7 Å². The highest BCUT2D eigenvalue weighted by Gasteiger charge is 2.45. The van der Waals surface area contributed by atoms with Crippen molar-refractivity contribution in [2.45, 2.75) is 17.8 Å². The second-order valence-corrected chi connectivity index (χ2v) is 13.2. The number of aromatic nitrogens is 4. The van der Waals surface area contributed by atoms with Crippen LogP contribution in [-0.2, 0) is 5.41 Å². The summed E-state index contributed by atoms with van der Waals surface area (Å²) in [5.41, 5.74) is 11.1. The number of hydrogen-bond acceptors (Lipinski definition) is 3. The number of H-pyrrole nitrogens is 1. The Hall–Kier alpha value is -6.39. The van der Waals surface area contributed by atoms with Crippen LogP contribution in [0.5, 0.6) is 0 Å². The van der Waals surface area contributed by atoms with E-state index in [1.54, 1.807) is 0 Å². The molecule has 50 heavy (non-hydrogen) atoms. The molecule has 2 aliphatic rings. The molecule has 10 rings (SSSR count). The van der Waals surface area contributed by atoms with E-state index in [-0.39, 0.29) is 5.92 Å². The Morgan fingerprint density at radius 3 is 1.94 bits per heavy atom. The van der Waals surface area contributed by atoms with Crippen molar-refractivity contribution in [1.29, 1.82) is 0 Å². The molecule has 6 aromatic carbocycles. The lowest BCUT2D eigenvalue weighted by Gasteiger charge is -2.34. The van der Waals surface area contributed by atoms with Crippen LogP contribution in [0.15, 0.2) is 170 Å². The number of allylic oxidation sites excluding steroid dienone is 4. The summed E-state index contributed by atoms with van der Waals surface area (Å²) in [6.07, 6.45) is 9.41. The molecule has 0 bridgehead atoms. The third-order valence-electron chi connectivity index (χ3n) is 10.4. The molecule has 0 amide bonds. The maximum atomic E-state index is 5.20. The molecule has 2 aliphatic carbocycles. The maximum Gasteiger partial charge on any atom is 0.163 e. The molecule has 1 unspecified atom stereocenters. The highest BCUT2D eigenvalue weighted by atomic mass is 15.0. The Bertz CT molecular complexity index is 2600. The van der Waals surface area contributed by atoms with Crippen LogP contribution in [-0.4, -0.2) is 19.9 Å². The molecule has 0 fully saturated rings. The molecule has 0 saturated carbocycles. The lowest BCUT2D eigenvalue weighted by molar-refractivity contribution is 0.761. The summed E-state index contributed by atoms with van der Waals surface area (Å²) in [7, 11) is 0. The van der Waals surface area contributed by atoms with Crippen LogP contribution in [0.4, 0.5) is 0 Å². The predicted molar refractivity (Wildman–Crippen MR) is 203 cm³/mol. The first-order chi connectivity index (χ1) is 24.8. The molecular weight excluding hydrogens is 609 g/mol. The molecule has 8 aromatic rings. The summed E-state index contributed by atoms with van der Waals surface area (Å²) in [6, 6.07) is 52.3. The summed E-state index contributed by atoms with van der Waals surface area (Å²) >= 11 is 0. The number of aromatic amines is 1. The van der Waals surface area contributed by atoms with Crippen molar-refractivity contribution >= 4 is 21.8 Å². The zero-order valence-corrected chi connectivity index (χ0v) is 27.3. The first-order valence-electron chi connectivity index (χ1n) is 17.2. The van der Waals surface area contributed by atoms with Gasteiger partial charge in [0.25, 0.3) is 0 Å². The maximum absolute atomic E-state index is 5.20. The monoisotopic (exact) mass is 640 g/mol. The number of rotatable bonds is 5. The molecular formula is C46H32N4. The molecule has 2 heterocycles. The fourth-order valence-corrected chi connectivity index (χ4v) is 8.19. The minimum atomic E-state index is -0.499. The summed E-state index contributed by atoms with van der Waals surface area (Å²) in [5.74, 6) is 2.20. The van der Waals surface area contributed by atoms with E-state index in [1.165, 1.54) is 44.2 Å². The van der Waals surface area contributed by atoms with Gasteiger partial charge in [0.2, 0.25) is 0 Å². The fraction of sp³-hybridized carbons (Fsp3) is 0.0652. The van der Waals surface area contributed by atoms with Crippen molar-refractivity contribution in [1.82, 2.24) is 19.9 Å². The zero-order valence-electron chi connectivity index (χ0n) is 27.3. The number of nitrogens with zero attached hydrogens (tertiary/aromatic N) is 3. The molecule has 0 radical (unpaired) electrons. The summed E-state index contributed by atoms with van der Waals surface area (Å²) in [6.45, 7) is 0. The largest absolute Gasteiger partial charge is 0.354 e. The van der Waals surface area contributed by atoms with Crippen LogP contribution in [0.3, 0.4) is 0 Å². The molecule has 1 atom stereocenters. The Labute approximate surface area is 290 Å². The molecule has 0 saturated heterocycles. The average molecular weight is 641 g/mol. The van der Waals surface area contributed by atoms with Gasteiger partial charge in [-0.2, -0.15) is 0 Å². The second kappa shape index (κ2) is 11.4. The fourth-order valence-electron chi connectivity index (χ4n) is 8.19. The van der Waals surface area contributed by atoms with E-state index in [1.807, 2.05) is 0 Å². The van der Waals surface area contributed by atoms with E-state index in [9.17, 15) is 0 Å². The lowest BCUT2D eigenvalue weighted by atomic mass is 9.67.